The molecule has 2 aromatic heterocycles. The Labute approximate surface area is 166 Å². The molecule has 1 N–H and O–H groups in total. The van der Waals surface area contributed by atoms with Gasteiger partial charge in [0.25, 0.3) is 5.91 Å². The number of fused-ring (bicyclic) bond motifs is 1. The van der Waals surface area contributed by atoms with Gasteiger partial charge >= 0.3 is 0 Å². The van der Waals surface area contributed by atoms with Crippen LogP contribution < -0.4 is 5.32 Å². The van der Waals surface area contributed by atoms with E-state index in [1.807, 2.05) is 24.7 Å². The van der Waals surface area contributed by atoms with E-state index < -0.39 is 0 Å². The van der Waals surface area contributed by atoms with Crippen molar-refractivity contribution in [1.82, 2.24) is 25.0 Å². The minimum Gasteiger partial charge on any atom is -0.351 e. The molecule has 2 aliphatic carbocycles. The van der Waals surface area contributed by atoms with E-state index in [4.69, 9.17) is 4.98 Å². The van der Waals surface area contributed by atoms with Gasteiger partial charge in [-0.25, -0.2) is 4.98 Å². The van der Waals surface area contributed by atoms with Gasteiger partial charge in [0.2, 0.25) is 0 Å². The van der Waals surface area contributed by atoms with Crippen molar-refractivity contribution in [2.75, 3.05) is 26.2 Å². The van der Waals surface area contributed by atoms with Crippen LogP contribution in [-0.4, -0.2) is 51.8 Å². The fourth-order valence-electron chi connectivity index (χ4n) is 4.75. The number of rotatable bonds is 6. The van der Waals surface area contributed by atoms with Crippen molar-refractivity contribution in [2.45, 2.75) is 57.8 Å². The number of aromatic nitrogens is 3. The minimum absolute atomic E-state index is 0.0373. The van der Waals surface area contributed by atoms with Crippen LogP contribution in [0.25, 0.3) is 11.0 Å². The standard InChI is InChI=1S/C22H31N5O/c1-15-19-17(12-18(16-6-7-16)24-20(19)26(2)25-15)21(28)23-13-22(8-9-22)14-27-10-4-3-5-11-27/h12,16H,3-11,13-14H2,1-2H3,(H,23,28). The molecule has 1 amide bonds. The van der Waals surface area contributed by atoms with Gasteiger partial charge in [-0.15, -0.1) is 0 Å². The van der Waals surface area contributed by atoms with Crippen molar-refractivity contribution in [1.29, 1.82) is 0 Å². The lowest BCUT2D eigenvalue weighted by Gasteiger charge is -2.30. The number of aryl methyl sites for hydroxylation is 2. The monoisotopic (exact) mass is 381 g/mol. The number of carbonyl (C=O) groups excluding carboxylic acids is 1. The topological polar surface area (TPSA) is 63.1 Å². The average Bonchev–Trinajstić information content (AvgIpc) is 3.61. The molecular formula is C22H31N5O. The van der Waals surface area contributed by atoms with Crippen LogP contribution in [0.4, 0.5) is 0 Å². The molecule has 2 saturated carbocycles. The zero-order chi connectivity index (χ0) is 19.3. The highest BCUT2D eigenvalue weighted by Gasteiger charge is 2.44. The van der Waals surface area contributed by atoms with Gasteiger partial charge in [0.15, 0.2) is 5.65 Å². The fraction of sp³-hybridized carbons (Fsp3) is 0.682. The smallest absolute Gasteiger partial charge is 0.252 e. The molecule has 0 spiro atoms. The summed E-state index contributed by atoms with van der Waals surface area (Å²) in [6, 6.07) is 2.02. The van der Waals surface area contributed by atoms with Crippen LogP contribution in [-0.2, 0) is 7.05 Å². The van der Waals surface area contributed by atoms with Crippen LogP contribution in [0.2, 0.25) is 0 Å². The first-order valence-corrected chi connectivity index (χ1v) is 10.9. The molecule has 0 radical (unpaired) electrons. The molecule has 3 heterocycles. The summed E-state index contributed by atoms with van der Waals surface area (Å²) >= 11 is 0. The van der Waals surface area contributed by atoms with Crippen LogP contribution in [0, 0.1) is 12.3 Å². The largest absolute Gasteiger partial charge is 0.351 e. The first-order chi connectivity index (χ1) is 13.5. The summed E-state index contributed by atoms with van der Waals surface area (Å²) in [5, 5.41) is 8.70. The Hall–Kier alpha value is -1.95. The summed E-state index contributed by atoms with van der Waals surface area (Å²) in [5.41, 5.74) is 3.82. The van der Waals surface area contributed by atoms with E-state index >= 15 is 0 Å². The fourth-order valence-corrected chi connectivity index (χ4v) is 4.75. The van der Waals surface area contributed by atoms with Crippen LogP contribution in [0.5, 0.6) is 0 Å². The van der Waals surface area contributed by atoms with Gasteiger partial charge in [0.1, 0.15) is 0 Å². The van der Waals surface area contributed by atoms with Gasteiger partial charge in [0.05, 0.1) is 16.6 Å². The lowest BCUT2D eigenvalue weighted by molar-refractivity contribution is 0.0937. The van der Waals surface area contributed by atoms with Crippen molar-refractivity contribution >= 4 is 16.9 Å². The van der Waals surface area contributed by atoms with Crippen molar-refractivity contribution in [2.24, 2.45) is 12.5 Å². The predicted octanol–water partition coefficient (Wildman–Crippen LogP) is 3.15. The summed E-state index contributed by atoms with van der Waals surface area (Å²) < 4.78 is 1.81. The highest BCUT2D eigenvalue weighted by atomic mass is 16.1. The molecule has 28 heavy (non-hydrogen) atoms. The lowest BCUT2D eigenvalue weighted by Crippen LogP contribution is -2.40. The molecule has 0 unspecified atom stereocenters. The van der Waals surface area contributed by atoms with Crippen LogP contribution >= 0.6 is 0 Å². The Kier molecular flexibility index (Phi) is 4.42. The molecule has 1 aliphatic heterocycles. The molecule has 6 heteroatoms. The Morgan fingerprint density at radius 3 is 2.68 bits per heavy atom. The van der Waals surface area contributed by atoms with E-state index in [9.17, 15) is 4.79 Å². The number of hydrogen-bond donors (Lipinski definition) is 1. The Bertz CT molecular complexity index is 903. The first-order valence-electron chi connectivity index (χ1n) is 10.9. The van der Waals surface area contributed by atoms with Gasteiger partial charge in [-0.1, -0.05) is 6.42 Å². The molecule has 1 saturated heterocycles. The molecule has 6 nitrogen and oxygen atoms in total. The maximum Gasteiger partial charge on any atom is 0.252 e. The average molecular weight is 382 g/mol. The Balaban J connectivity index is 1.34. The number of piperidine rings is 1. The van der Waals surface area contributed by atoms with Crippen molar-refractivity contribution in [3.8, 4) is 0 Å². The van der Waals surface area contributed by atoms with Crippen LogP contribution in [0.3, 0.4) is 0 Å². The minimum atomic E-state index is 0.0373. The van der Waals surface area contributed by atoms with Crippen LogP contribution in [0.15, 0.2) is 6.07 Å². The normalized spacial score (nSPS) is 21.8. The van der Waals surface area contributed by atoms with Gasteiger partial charge < -0.3 is 10.2 Å². The summed E-state index contributed by atoms with van der Waals surface area (Å²) in [6.45, 7) is 6.33. The van der Waals surface area contributed by atoms with E-state index in [1.54, 1.807) is 0 Å². The number of nitrogens with zero attached hydrogens (tertiary/aromatic N) is 4. The van der Waals surface area contributed by atoms with Gasteiger partial charge in [0, 0.05) is 37.2 Å². The van der Waals surface area contributed by atoms with E-state index in [2.05, 4.69) is 15.3 Å². The number of amides is 1. The van der Waals surface area contributed by atoms with Crippen molar-refractivity contribution < 1.29 is 4.79 Å². The Morgan fingerprint density at radius 1 is 1.25 bits per heavy atom. The van der Waals surface area contributed by atoms with E-state index in [0.717, 1.165) is 41.1 Å². The van der Waals surface area contributed by atoms with Gasteiger partial charge in [-0.3, -0.25) is 9.48 Å². The summed E-state index contributed by atoms with van der Waals surface area (Å²) in [5.74, 6) is 0.551. The number of likely N-dealkylation sites (tertiary alicyclic amines) is 1. The lowest BCUT2D eigenvalue weighted by atomic mass is 10.0. The molecule has 0 atom stereocenters. The second kappa shape index (κ2) is 6.83. The summed E-state index contributed by atoms with van der Waals surface area (Å²) in [6.07, 6.45) is 8.82. The molecule has 0 aromatic carbocycles. The SMILES string of the molecule is Cc1nn(C)c2nc(C3CC3)cc(C(=O)NCC3(CN4CCCCC4)CC3)c12. The highest BCUT2D eigenvalue weighted by Crippen LogP contribution is 2.46. The number of hydrogen-bond acceptors (Lipinski definition) is 4. The van der Waals surface area contributed by atoms with Gasteiger partial charge in [-0.2, -0.15) is 5.10 Å². The zero-order valence-electron chi connectivity index (χ0n) is 17.1. The van der Waals surface area contributed by atoms with E-state index in [0.29, 0.717) is 11.3 Å². The van der Waals surface area contributed by atoms with E-state index in [1.165, 1.54) is 58.0 Å². The van der Waals surface area contributed by atoms with E-state index in [-0.39, 0.29) is 5.91 Å². The zero-order valence-corrected chi connectivity index (χ0v) is 17.1. The predicted molar refractivity (Wildman–Crippen MR) is 110 cm³/mol. The molecule has 3 fully saturated rings. The summed E-state index contributed by atoms with van der Waals surface area (Å²) in [4.78, 5) is 20.6. The number of pyridine rings is 1. The molecule has 150 valence electrons. The maximum atomic E-state index is 13.2. The van der Waals surface area contributed by atoms with Gasteiger partial charge in [-0.05, 0) is 64.6 Å². The third-order valence-electron chi connectivity index (χ3n) is 6.82. The molecule has 3 aliphatic rings. The summed E-state index contributed by atoms with van der Waals surface area (Å²) in [7, 11) is 1.92. The molecule has 0 bridgehead atoms. The third kappa shape index (κ3) is 3.43. The second-order valence-corrected chi connectivity index (χ2v) is 9.30. The molecule has 5 rings (SSSR count). The Morgan fingerprint density at radius 2 is 2.00 bits per heavy atom. The van der Waals surface area contributed by atoms with Crippen molar-refractivity contribution in [3.05, 3.63) is 23.0 Å². The maximum absolute atomic E-state index is 13.2. The number of nitrogens with one attached hydrogen (secondary N) is 1. The van der Waals surface area contributed by atoms with Crippen molar-refractivity contribution in [3.63, 3.8) is 0 Å². The number of carbonyl (C=O) groups is 1. The third-order valence-corrected chi connectivity index (χ3v) is 6.82. The first kappa shape index (κ1) is 18.1. The highest BCUT2D eigenvalue weighted by molar-refractivity contribution is 6.06. The quantitative estimate of drug-likeness (QED) is 0.835. The molecule has 2 aromatic rings. The second-order valence-electron chi connectivity index (χ2n) is 9.30. The van der Waals surface area contributed by atoms with Crippen LogP contribution in [0.1, 0.15) is 72.6 Å². The molecular weight excluding hydrogens is 350 g/mol.